The predicted octanol–water partition coefficient (Wildman–Crippen LogP) is 1.18. The molecule has 0 radical (unpaired) electrons. The van der Waals surface area contributed by atoms with Crippen LogP contribution in [0.15, 0.2) is 0 Å². The van der Waals surface area contributed by atoms with Gasteiger partial charge < -0.3 is 14.8 Å². The lowest BCUT2D eigenvalue weighted by molar-refractivity contribution is -0.0145. The fourth-order valence-corrected chi connectivity index (χ4v) is 2.65. The van der Waals surface area contributed by atoms with E-state index >= 15 is 0 Å². The van der Waals surface area contributed by atoms with Crippen molar-refractivity contribution >= 4 is 0 Å². The molecule has 2 fully saturated rings. The molecule has 0 aromatic carbocycles. The monoisotopic (exact) mass is 199 g/mol. The number of piperidine rings is 1. The molecule has 0 aliphatic carbocycles. The van der Waals surface area contributed by atoms with Gasteiger partial charge in [0, 0.05) is 20.3 Å². The highest BCUT2D eigenvalue weighted by atomic mass is 16.5. The summed E-state index contributed by atoms with van der Waals surface area (Å²) >= 11 is 0. The van der Waals surface area contributed by atoms with E-state index in [-0.39, 0.29) is 5.60 Å². The summed E-state index contributed by atoms with van der Waals surface area (Å²) in [5.41, 5.74) is 0.177. The number of hydrogen-bond acceptors (Lipinski definition) is 3. The fraction of sp³-hybridized carbons (Fsp3) is 1.00. The molecular weight excluding hydrogens is 178 g/mol. The highest BCUT2D eigenvalue weighted by Crippen LogP contribution is 2.36. The number of methoxy groups -OCH3 is 1. The minimum absolute atomic E-state index is 0.177. The Bertz CT molecular complexity index is 178. The van der Waals surface area contributed by atoms with Crippen molar-refractivity contribution in [2.45, 2.75) is 31.3 Å². The summed E-state index contributed by atoms with van der Waals surface area (Å²) in [4.78, 5) is 0. The third-order valence-electron chi connectivity index (χ3n) is 3.45. The Morgan fingerprint density at radius 3 is 3.21 bits per heavy atom. The maximum atomic E-state index is 5.97. The van der Waals surface area contributed by atoms with E-state index in [1.807, 2.05) is 0 Å². The maximum Gasteiger partial charge on any atom is 0.0810 e. The molecule has 2 atom stereocenters. The minimum atomic E-state index is 0.177. The van der Waals surface area contributed by atoms with Crippen molar-refractivity contribution in [2.24, 2.45) is 5.92 Å². The van der Waals surface area contributed by atoms with Gasteiger partial charge in [0.2, 0.25) is 0 Å². The first kappa shape index (κ1) is 10.4. The van der Waals surface area contributed by atoms with Crippen LogP contribution in [0.5, 0.6) is 0 Å². The van der Waals surface area contributed by atoms with E-state index in [1.165, 1.54) is 19.3 Å². The molecule has 1 spiro atoms. The van der Waals surface area contributed by atoms with Gasteiger partial charge in [-0.2, -0.15) is 0 Å². The Balaban J connectivity index is 1.80. The predicted molar refractivity (Wildman–Crippen MR) is 55.4 cm³/mol. The topological polar surface area (TPSA) is 30.5 Å². The maximum absolute atomic E-state index is 5.97. The number of hydrogen-bond donors (Lipinski definition) is 1. The first-order valence-electron chi connectivity index (χ1n) is 5.68. The zero-order chi connectivity index (χ0) is 9.86. The molecule has 0 aromatic rings. The standard InChI is InChI=1S/C11H21NO2/c1-13-6-3-10-7-11(14-8-10)4-2-5-12-9-11/h10,12H,2-9H2,1H3/t10-,11+/m1/s1. The van der Waals surface area contributed by atoms with Crippen molar-refractivity contribution in [2.75, 3.05) is 33.4 Å². The molecular formula is C11H21NO2. The third kappa shape index (κ3) is 2.27. The summed E-state index contributed by atoms with van der Waals surface area (Å²) in [5, 5.41) is 3.44. The first-order chi connectivity index (χ1) is 6.85. The molecule has 2 aliphatic heterocycles. The van der Waals surface area contributed by atoms with E-state index in [0.29, 0.717) is 0 Å². The number of ether oxygens (including phenoxy) is 2. The molecule has 3 nitrogen and oxygen atoms in total. The van der Waals surface area contributed by atoms with Crippen molar-refractivity contribution in [3.63, 3.8) is 0 Å². The molecule has 2 aliphatic rings. The van der Waals surface area contributed by atoms with Crippen molar-refractivity contribution < 1.29 is 9.47 Å². The molecule has 0 aromatic heterocycles. The minimum Gasteiger partial charge on any atom is -0.385 e. The summed E-state index contributed by atoms with van der Waals surface area (Å²) in [7, 11) is 1.77. The van der Waals surface area contributed by atoms with E-state index in [1.54, 1.807) is 7.11 Å². The molecule has 2 rings (SSSR count). The molecule has 3 heteroatoms. The van der Waals surface area contributed by atoms with Crippen LogP contribution in [0.4, 0.5) is 0 Å². The van der Waals surface area contributed by atoms with Gasteiger partial charge >= 0.3 is 0 Å². The second kappa shape index (κ2) is 4.60. The van der Waals surface area contributed by atoms with Crippen LogP contribution in [-0.4, -0.2) is 39.0 Å². The van der Waals surface area contributed by atoms with Crippen molar-refractivity contribution in [1.82, 2.24) is 5.32 Å². The zero-order valence-corrected chi connectivity index (χ0v) is 9.05. The highest BCUT2D eigenvalue weighted by Gasteiger charge is 2.40. The van der Waals surface area contributed by atoms with Crippen LogP contribution >= 0.6 is 0 Å². The number of rotatable bonds is 3. The van der Waals surface area contributed by atoms with Gasteiger partial charge in [-0.1, -0.05) is 0 Å². The average molecular weight is 199 g/mol. The second-order valence-corrected chi connectivity index (χ2v) is 4.63. The van der Waals surface area contributed by atoms with E-state index in [0.717, 1.165) is 38.6 Å². The molecule has 2 saturated heterocycles. The van der Waals surface area contributed by atoms with Gasteiger partial charge in [0.05, 0.1) is 12.2 Å². The Hall–Kier alpha value is -0.120. The van der Waals surface area contributed by atoms with Crippen LogP contribution in [0.2, 0.25) is 0 Å². The first-order valence-corrected chi connectivity index (χ1v) is 5.68. The number of nitrogens with one attached hydrogen (secondary N) is 1. The summed E-state index contributed by atoms with van der Waals surface area (Å²) in [6.07, 6.45) is 4.88. The quantitative estimate of drug-likeness (QED) is 0.740. The SMILES string of the molecule is COCC[C@H]1CO[C@@]2(CCCNC2)C1. The van der Waals surface area contributed by atoms with E-state index in [9.17, 15) is 0 Å². The molecule has 82 valence electrons. The van der Waals surface area contributed by atoms with Gasteiger partial charge in [-0.25, -0.2) is 0 Å². The molecule has 1 N–H and O–H groups in total. The van der Waals surface area contributed by atoms with Crippen LogP contribution in [0, 0.1) is 5.92 Å². The molecule has 0 amide bonds. The highest BCUT2D eigenvalue weighted by molar-refractivity contribution is 4.93. The Morgan fingerprint density at radius 2 is 2.50 bits per heavy atom. The average Bonchev–Trinajstić information content (AvgIpc) is 2.60. The normalized spacial score (nSPS) is 37.9. The Kier molecular flexibility index (Phi) is 3.42. The van der Waals surface area contributed by atoms with E-state index < -0.39 is 0 Å². The van der Waals surface area contributed by atoms with Crippen LogP contribution in [0.3, 0.4) is 0 Å². The van der Waals surface area contributed by atoms with Crippen molar-refractivity contribution in [3.05, 3.63) is 0 Å². The van der Waals surface area contributed by atoms with Crippen LogP contribution in [-0.2, 0) is 9.47 Å². The van der Waals surface area contributed by atoms with Crippen molar-refractivity contribution in [3.8, 4) is 0 Å². The molecule has 0 unspecified atom stereocenters. The fourth-order valence-electron chi connectivity index (χ4n) is 2.65. The molecule has 14 heavy (non-hydrogen) atoms. The van der Waals surface area contributed by atoms with Crippen molar-refractivity contribution in [1.29, 1.82) is 0 Å². The molecule has 0 saturated carbocycles. The largest absolute Gasteiger partial charge is 0.385 e. The lowest BCUT2D eigenvalue weighted by atomic mass is 9.86. The van der Waals surface area contributed by atoms with Crippen LogP contribution in [0.1, 0.15) is 25.7 Å². The van der Waals surface area contributed by atoms with Gasteiger partial charge in [-0.3, -0.25) is 0 Å². The summed E-state index contributed by atoms with van der Waals surface area (Å²) < 4.78 is 11.1. The van der Waals surface area contributed by atoms with E-state index in [2.05, 4.69) is 5.32 Å². The van der Waals surface area contributed by atoms with Gasteiger partial charge in [-0.15, -0.1) is 0 Å². The van der Waals surface area contributed by atoms with Gasteiger partial charge in [0.25, 0.3) is 0 Å². The van der Waals surface area contributed by atoms with Gasteiger partial charge in [-0.05, 0) is 38.1 Å². The molecule has 0 bridgehead atoms. The summed E-state index contributed by atoms with van der Waals surface area (Å²) in [6.45, 7) is 4.02. The lowest BCUT2D eigenvalue weighted by Gasteiger charge is -2.33. The van der Waals surface area contributed by atoms with Crippen LogP contribution in [0.25, 0.3) is 0 Å². The Morgan fingerprint density at radius 1 is 1.57 bits per heavy atom. The second-order valence-electron chi connectivity index (χ2n) is 4.63. The third-order valence-corrected chi connectivity index (χ3v) is 3.45. The Labute approximate surface area is 86.2 Å². The lowest BCUT2D eigenvalue weighted by Crippen LogP contribution is -2.45. The smallest absolute Gasteiger partial charge is 0.0810 e. The van der Waals surface area contributed by atoms with Gasteiger partial charge in [0.1, 0.15) is 0 Å². The van der Waals surface area contributed by atoms with E-state index in [4.69, 9.17) is 9.47 Å². The van der Waals surface area contributed by atoms with Crippen LogP contribution < -0.4 is 5.32 Å². The summed E-state index contributed by atoms with van der Waals surface area (Å²) in [5.74, 6) is 0.717. The molecule has 2 heterocycles. The zero-order valence-electron chi connectivity index (χ0n) is 9.05. The van der Waals surface area contributed by atoms with Gasteiger partial charge in [0.15, 0.2) is 0 Å². The summed E-state index contributed by atoms with van der Waals surface area (Å²) in [6, 6.07) is 0.